The van der Waals surface area contributed by atoms with Crippen molar-refractivity contribution >= 4 is 5.91 Å². The van der Waals surface area contributed by atoms with Crippen molar-refractivity contribution in [2.24, 2.45) is 0 Å². The molecule has 0 aliphatic carbocycles. The molecule has 0 bridgehead atoms. The Morgan fingerprint density at radius 2 is 0.917 bits per heavy atom. The van der Waals surface area contributed by atoms with Crippen LogP contribution in [0.15, 0.2) is 48.6 Å². The van der Waals surface area contributed by atoms with Crippen LogP contribution in [0.1, 0.15) is 206 Å². The molecular formula is C44H81NO3. The van der Waals surface area contributed by atoms with Crippen molar-refractivity contribution in [3.05, 3.63) is 48.6 Å². The summed E-state index contributed by atoms with van der Waals surface area (Å²) in [6.45, 7) is 4.24. The third kappa shape index (κ3) is 35.7. The third-order valence-corrected chi connectivity index (χ3v) is 9.35. The monoisotopic (exact) mass is 672 g/mol. The quantitative estimate of drug-likeness (QED) is 0.0455. The molecular weight excluding hydrogens is 590 g/mol. The van der Waals surface area contributed by atoms with Crippen LogP contribution in [0.5, 0.6) is 0 Å². The summed E-state index contributed by atoms with van der Waals surface area (Å²) in [5, 5.41) is 23.1. The van der Waals surface area contributed by atoms with Gasteiger partial charge in [-0.15, -0.1) is 0 Å². The molecule has 3 N–H and O–H groups in total. The zero-order chi connectivity index (χ0) is 35.0. The van der Waals surface area contributed by atoms with Gasteiger partial charge in [-0.1, -0.05) is 197 Å². The summed E-state index contributed by atoms with van der Waals surface area (Å²) in [4.78, 5) is 12.4. The van der Waals surface area contributed by atoms with E-state index in [0.29, 0.717) is 12.8 Å². The Balaban J connectivity index is 3.54. The Morgan fingerprint density at radius 3 is 1.38 bits per heavy atom. The van der Waals surface area contributed by atoms with Gasteiger partial charge in [-0.05, 0) is 51.4 Å². The van der Waals surface area contributed by atoms with E-state index in [2.05, 4.69) is 67.8 Å². The van der Waals surface area contributed by atoms with Crippen LogP contribution >= 0.6 is 0 Å². The predicted molar refractivity (Wildman–Crippen MR) is 211 cm³/mol. The van der Waals surface area contributed by atoms with Crippen LogP contribution in [0.4, 0.5) is 0 Å². The van der Waals surface area contributed by atoms with E-state index >= 15 is 0 Å². The lowest BCUT2D eigenvalue weighted by molar-refractivity contribution is -0.123. The molecule has 2 unspecified atom stereocenters. The molecule has 0 aromatic rings. The summed E-state index contributed by atoms with van der Waals surface area (Å²) in [7, 11) is 0. The second-order valence-corrected chi connectivity index (χ2v) is 14.0. The molecule has 0 saturated heterocycles. The highest BCUT2D eigenvalue weighted by atomic mass is 16.3. The topological polar surface area (TPSA) is 69.6 Å². The minimum atomic E-state index is -0.661. The fourth-order valence-corrected chi connectivity index (χ4v) is 6.17. The number of aliphatic hydroxyl groups excluding tert-OH is 2. The van der Waals surface area contributed by atoms with E-state index in [-0.39, 0.29) is 12.5 Å². The number of carbonyl (C=O) groups excluding carboxylic acids is 1. The summed E-state index contributed by atoms with van der Waals surface area (Å²) < 4.78 is 0. The molecule has 0 saturated carbocycles. The molecule has 0 spiro atoms. The average Bonchev–Trinajstić information content (AvgIpc) is 3.09. The Labute approximate surface area is 299 Å². The number of nitrogens with one attached hydrogen (secondary N) is 1. The standard InChI is InChI=1S/C44H81NO3/c1-3-5-7-9-11-13-15-17-18-19-20-21-22-23-24-25-26-28-30-32-34-36-38-40-44(48)45-42(41-46)43(47)39-37-35-33-31-29-27-16-14-12-10-8-6-4-2/h5,7,11,13,17-18,20-21,42-43,46-47H,3-4,6,8-10,12,14-16,19,22-41H2,1-2H3,(H,45,48)/b7-5-,13-11-,18-17-,21-20-. The first-order valence-corrected chi connectivity index (χ1v) is 20.8. The molecule has 0 fully saturated rings. The number of aliphatic hydroxyl groups is 2. The molecule has 0 rings (SSSR count). The summed E-state index contributed by atoms with van der Waals surface area (Å²) in [6.07, 6.45) is 53.2. The van der Waals surface area contributed by atoms with E-state index < -0.39 is 12.1 Å². The molecule has 0 aliphatic heterocycles. The van der Waals surface area contributed by atoms with E-state index in [1.807, 2.05) is 0 Å². The minimum Gasteiger partial charge on any atom is -0.394 e. The second kappa shape index (κ2) is 39.8. The van der Waals surface area contributed by atoms with E-state index in [1.165, 1.54) is 128 Å². The largest absolute Gasteiger partial charge is 0.394 e. The average molecular weight is 672 g/mol. The molecule has 0 aliphatic rings. The summed E-state index contributed by atoms with van der Waals surface area (Å²) in [5.41, 5.74) is 0. The molecule has 2 atom stereocenters. The number of unbranched alkanes of at least 4 members (excludes halogenated alkanes) is 22. The fraction of sp³-hybridized carbons (Fsp3) is 0.795. The van der Waals surface area contributed by atoms with Crippen molar-refractivity contribution in [2.75, 3.05) is 6.61 Å². The van der Waals surface area contributed by atoms with Gasteiger partial charge < -0.3 is 15.5 Å². The number of hydrogen-bond acceptors (Lipinski definition) is 3. The maximum atomic E-state index is 12.4. The Morgan fingerprint density at radius 1 is 0.521 bits per heavy atom. The molecule has 4 heteroatoms. The van der Waals surface area contributed by atoms with Gasteiger partial charge >= 0.3 is 0 Å². The molecule has 0 aromatic carbocycles. The first-order chi connectivity index (χ1) is 23.7. The number of amides is 1. The summed E-state index contributed by atoms with van der Waals surface area (Å²) in [5.74, 6) is -0.0382. The normalized spacial score (nSPS) is 13.5. The lowest BCUT2D eigenvalue weighted by Crippen LogP contribution is -2.45. The highest BCUT2D eigenvalue weighted by Crippen LogP contribution is 2.15. The third-order valence-electron chi connectivity index (χ3n) is 9.35. The Hall–Kier alpha value is -1.65. The van der Waals surface area contributed by atoms with Gasteiger partial charge in [0.1, 0.15) is 0 Å². The van der Waals surface area contributed by atoms with Crippen LogP contribution in [0.3, 0.4) is 0 Å². The van der Waals surface area contributed by atoms with Crippen LogP contribution < -0.4 is 5.32 Å². The van der Waals surface area contributed by atoms with E-state index in [0.717, 1.165) is 51.4 Å². The zero-order valence-electron chi connectivity index (χ0n) is 32.0. The van der Waals surface area contributed by atoms with Gasteiger partial charge in [-0.3, -0.25) is 4.79 Å². The van der Waals surface area contributed by atoms with Crippen molar-refractivity contribution < 1.29 is 15.0 Å². The number of allylic oxidation sites excluding steroid dienone is 8. The number of carbonyl (C=O) groups is 1. The van der Waals surface area contributed by atoms with Gasteiger partial charge in [0.25, 0.3) is 0 Å². The second-order valence-electron chi connectivity index (χ2n) is 14.0. The molecule has 1 amide bonds. The molecule has 0 radical (unpaired) electrons. The van der Waals surface area contributed by atoms with Crippen LogP contribution in [-0.4, -0.2) is 34.9 Å². The zero-order valence-corrected chi connectivity index (χ0v) is 32.0. The van der Waals surface area contributed by atoms with Crippen LogP contribution in [0.25, 0.3) is 0 Å². The fourth-order valence-electron chi connectivity index (χ4n) is 6.17. The molecule has 280 valence electrons. The lowest BCUT2D eigenvalue weighted by atomic mass is 10.0. The predicted octanol–water partition coefficient (Wildman–Crippen LogP) is 12.8. The first-order valence-electron chi connectivity index (χ1n) is 20.8. The van der Waals surface area contributed by atoms with E-state index in [4.69, 9.17) is 0 Å². The molecule has 0 heterocycles. The minimum absolute atomic E-state index is 0.0382. The Bertz CT molecular complexity index is 771. The van der Waals surface area contributed by atoms with Gasteiger partial charge in [0.05, 0.1) is 18.8 Å². The van der Waals surface area contributed by atoms with Crippen molar-refractivity contribution in [3.63, 3.8) is 0 Å². The van der Waals surface area contributed by atoms with Gasteiger partial charge in [-0.25, -0.2) is 0 Å². The molecule has 0 aromatic heterocycles. The maximum absolute atomic E-state index is 12.4. The SMILES string of the molecule is CC/C=C\C/C=C\C/C=C\C/C=C\CCCCCCCCCCCCC(=O)NC(CO)C(O)CCCCCCCCCCCCCCC. The first kappa shape index (κ1) is 46.4. The number of hydrogen-bond donors (Lipinski definition) is 3. The Kier molecular flexibility index (Phi) is 38.4. The molecule has 4 nitrogen and oxygen atoms in total. The van der Waals surface area contributed by atoms with Crippen molar-refractivity contribution in [2.45, 2.75) is 219 Å². The van der Waals surface area contributed by atoms with E-state index in [1.54, 1.807) is 0 Å². The highest BCUT2D eigenvalue weighted by molar-refractivity contribution is 5.76. The van der Waals surface area contributed by atoms with Crippen LogP contribution in [0, 0.1) is 0 Å². The van der Waals surface area contributed by atoms with Gasteiger partial charge in [0.2, 0.25) is 5.91 Å². The van der Waals surface area contributed by atoms with Crippen molar-refractivity contribution in [1.29, 1.82) is 0 Å². The van der Waals surface area contributed by atoms with Gasteiger partial charge in [0, 0.05) is 6.42 Å². The number of rotatable bonds is 37. The van der Waals surface area contributed by atoms with Crippen LogP contribution in [0.2, 0.25) is 0 Å². The highest BCUT2D eigenvalue weighted by Gasteiger charge is 2.19. The molecule has 48 heavy (non-hydrogen) atoms. The van der Waals surface area contributed by atoms with E-state index in [9.17, 15) is 15.0 Å². The summed E-state index contributed by atoms with van der Waals surface area (Å²) in [6, 6.07) is -0.538. The van der Waals surface area contributed by atoms with Crippen molar-refractivity contribution in [3.8, 4) is 0 Å². The van der Waals surface area contributed by atoms with Gasteiger partial charge in [-0.2, -0.15) is 0 Å². The summed E-state index contributed by atoms with van der Waals surface area (Å²) >= 11 is 0. The van der Waals surface area contributed by atoms with Gasteiger partial charge in [0.15, 0.2) is 0 Å². The van der Waals surface area contributed by atoms with Crippen LogP contribution in [-0.2, 0) is 4.79 Å². The maximum Gasteiger partial charge on any atom is 0.220 e. The van der Waals surface area contributed by atoms with Crippen molar-refractivity contribution in [1.82, 2.24) is 5.32 Å². The lowest BCUT2D eigenvalue weighted by Gasteiger charge is -2.22. The smallest absolute Gasteiger partial charge is 0.220 e.